The highest BCUT2D eigenvalue weighted by molar-refractivity contribution is 7.89. The molecule has 1 fully saturated rings. The zero-order valence-electron chi connectivity index (χ0n) is 14.8. The van der Waals surface area contributed by atoms with Gasteiger partial charge in [-0.05, 0) is 49.2 Å². The lowest BCUT2D eigenvalue weighted by Gasteiger charge is -2.11. The molecule has 3 aromatic rings. The number of nitrogens with one attached hydrogen (secondary N) is 1. The van der Waals surface area contributed by atoms with Gasteiger partial charge in [0.25, 0.3) is 10.0 Å². The zero-order valence-corrected chi connectivity index (χ0v) is 15.6. The second kappa shape index (κ2) is 7.26. The SMILES string of the molecule is COc1ccc(-c2ccc3ncc(S(=O)(=O)NCC4CCCO4)n3n2)cc1. The molecule has 1 aliphatic rings. The van der Waals surface area contributed by atoms with Gasteiger partial charge < -0.3 is 9.47 Å². The molecule has 0 radical (unpaired) electrons. The van der Waals surface area contributed by atoms with E-state index in [4.69, 9.17) is 9.47 Å². The van der Waals surface area contributed by atoms with Gasteiger partial charge in [-0.25, -0.2) is 22.6 Å². The summed E-state index contributed by atoms with van der Waals surface area (Å²) in [6.45, 7) is 0.919. The molecule has 0 bridgehead atoms. The number of hydrogen-bond donors (Lipinski definition) is 1. The summed E-state index contributed by atoms with van der Waals surface area (Å²) in [6, 6.07) is 10.9. The Morgan fingerprint density at radius 2 is 2.07 bits per heavy atom. The molecule has 4 rings (SSSR count). The van der Waals surface area contributed by atoms with Gasteiger partial charge in [-0.2, -0.15) is 5.10 Å². The normalized spacial score (nSPS) is 17.4. The Kier molecular flexibility index (Phi) is 4.81. The van der Waals surface area contributed by atoms with Crippen LogP contribution in [-0.2, 0) is 14.8 Å². The van der Waals surface area contributed by atoms with Crippen LogP contribution in [0.3, 0.4) is 0 Å². The van der Waals surface area contributed by atoms with Crippen molar-refractivity contribution in [3.63, 3.8) is 0 Å². The van der Waals surface area contributed by atoms with Crippen molar-refractivity contribution in [2.24, 2.45) is 0 Å². The van der Waals surface area contributed by atoms with E-state index in [9.17, 15) is 8.42 Å². The molecule has 1 unspecified atom stereocenters. The molecule has 1 aliphatic heterocycles. The first-order valence-electron chi connectivity index (χ1n) is 8.67. The van der Waals surface area contributed by atoms with Gasteiger partial charge in [-0.3, -0.25) is 0 Å². The third-order valence-corrected chi connectivity index (χ3v) is 5.89. The van der Waals surface area contributed by atoms with E-state index in [0.29, 0.717) is 17.9 Å². The van der Waals surface area contributed by atoms with E-state index in [2.05, 4.69) is 14.8 Å². The quantitative estimate of drug-likeness (QED) is 0.693. The van der Waals surface area contributed by atoms with Crippen LogP contribution in [0.4, 0.5) is 0 Å². The third kappa shape index (κ3) is 3.66. The van der Waals surface area contributed by atoms with Crippen molar-refractivity contribution >= 4 is 15.7 Å². The van der Waals surface area contributed by atoms with E-state index in [1.165, 1.54) is 10.7 Å². The molecule has 1 saturated heterocycles. The van der Waals surface area contributed by atoms with Gasteiger partial charge in [-0.15, -0.1) is 0 Å². The molecule has 2 aromatic heterocycles. The maximum atomic E-state index is 12.7. The number of sulfonamides is 1. The molecule has 3 heterocycles. The largest absolute Gasteiger partial charge is 0.497 e. The van der Waals surface area contributed by atoms with Crippen LogP contribution in [0.25, 0.3) is 16.9 Å². The number of hydrogen-bond acceptors (Lipinski definition) is 6. The average molecular weight is 388 g/mol. The fourth-order valence-electron chi connectivity index (χ4n) is 3.03. The van der Waals surface area contributed by atoms with E-state index in [1.807, 2.05) is 24.3 Å². The number of imidazole rings is 1. The van der Waals surface area contributed by atoms with Crippen LogP contribution < -0.4 is 9.46 Å². The van der Waals surface area contributed by atoms with E-state index in [0.717, 1.165) is 24.2 Å². The summed E-state index contributed by atoms with van der Waals surface area (Å²) in [7, 11) is -2.15. The van der Waals surface area contributed by atoms with Crippen LogP contribution in [0.15, 0.2) is 47.6 Å². The molecule has 0 amide bonds. The fraction of sp³-hybridized carbons (Fsp3) is 0.333. The summed E-state index contributed by atoms with van der Waals surface area (Å²) in [5.74, 6) is 0.740. The molecule has 0 spiro atoms. The molecule has 1 atom stereocenters. The Balaban J connectivity index is 1.64. The number of rotatable bonds is 6. The van der Waals surface area contributed by atoms with Crippen molar-refractivity contribution < 1.29 is 17.9 Å². The minimum absolute atomic E-state index is 0.00542. The maximum absolute atomic E-state index is 12.7. The summed E-state index contributed by atoms with van der Waals surface area (Å²) in [5, 5.41) is 4.48. The standard InChI is InChI=1S/C18H20N4O4S/c1-25-14-6-4-13(5-7-14)16-8-9-17-19-12-18(22(17)21-16)27(23,24)20-11-15-3-2-10-26-15/h4-9,12,15,20H,2-3,10-11H2,1H3. The van der Waals surface area contributed by atoms with Gasteiger partial charge in [0.2, 0.25) is 0 Å². The van der Waals surface area contributed by atoms with Crippen LogP contribution in [0, 0.1) is 0 Å². The summed E-state index contributed by atoms with van der Waals surface area (Å²) >= 11 is 0. The van der Waals surface area contributed by atoms with Gasteiger partial charge in [0.15, 0.2) is 10.7 Å². The Morgan fingerprint density at radius 1 is 1.26 bits per heavy atom. The van der Waals surface area contributed by atoms with Crippen LogP contribution in [0.5, 0.6) is 5.75 Å². The molecule has 0 saturated carbocycles. The topological polar surface area (TPSA) is 94.8 Å². The number of nitrogens with zero attached hydrogens (tertiary/aromatic N) is 3. The summed E-state index contributed by atoms with van der Waals surface area (Å²) in [5.41, 5.74) is 1.95. The highest BCUT2D eigenvalue weighted by atomic mass is 32.2. The second-order valence-electron chi connectivity index (χ2n) is 6.30. The van der Waals surface area contributed by atoms with E-state index in [-0.39, 0.29) is 17.7 Å². The number of ether oxygens (including phenoxy) is 2. The van der Waals surface area contributed by atoms with Gasteiger partial charge in [0, 0.05) is 18.7 Å². The Labute approximate surface area is 157 Å². The molecular formula is C18H20N4O4S. The molecule has 0 aliphatic carbocycles. The van der Waals surface area contributed by atoms with E-state index in [1.54, 1.807) is 19.2 Å². The predicted octanol–water partition coefficient (Wildman–Crippen LogP) is 1.86. The molecule has 142 valence electrons. The molecule has 1 aromatic carbocycles. The second-order valence-corrected chi connectivity index (χ2v) is 8.01. The van der Waals surface area contributed by atoms with Gasteiger partial charge in [0.1, 0.15) is 5.75 Å². The molecule has 9 heteroatoms. The van der Waals surface area contributed by atoms with E-state index >= 15 is 0 Å². The van der Waals surface area contributed by atoms with Crippen LogP contribution in [0.2, 0.25) is 0 Å². The third-order valence-electron chi connectivity index (χ3n) is 4.52. The van der Waals surface area contributed by atoms with Crippen molar-refractivity contribution in [3.8, 4) is 17.0 Å². The monoisotopic (exact) mass is 388 g/mol. The van der Waals surface area contributed by atoms with Crippen molar-refractivity contribution in [2.45, 2.75) is 24.0 Å². The molecule has 1 N–H and O–H groups in total. The lowest BCUT2D eigenvalue weighted by molar-refractivity contribution is 0.114. The minimum atomic E-state index is -3.75. The number of methoxy groups -OCH3 is 1. The highest BCUT2D eigenvalue weighted by Crippen LogP contribution is 2.22. The number of fused-ring (bicyclic) bond motifs is 1. The van der Waals surface area contributed by atoms with Crippen LogP contribution in [0.1, 0.15) is 12.8 Å². The van der Waals surface area contributed by atoms with Crippen molar-refractivity contribution in [1.82, 2.24) is 19.3 Å². The predicted molar refractivity (Wildman–Crippen MR) is 99.1 cm³/mol. The molecular weight excluding hydrogens is 368 g/mol. The first kappa shape index (κ1) is 17.9. The summed E-state index contributed by atoms with van der Waals surface area (Å²) < 4.78 is 40.0. The zero-order chi connectivity index (χ0) is 18.9. The van der Waals surface area contributed by atoms with Crippen molar-refractivity contribution in [1.29, 1.82) is 0 Å². The maximum Gasteiger partial charge on any atom is 0.259 e. The van der Waals surface area contributed by atoms with Gasteiger partial charge in [-0.1, -0.05) is 0 Å². The highest BCUT2D eigenvalue weighted by Gasteiger charge is 2.23. The lowest BCUT2D eigenvalue weighted by Crippen LogP contribution is -2.32. The smallest absolute Gasteiger partial charge is 0.259 e. The molecule has 8 nitrogen and oxygen atoms in total. The average Bonchev–Trinajstić information content (AvgIpc) is 3.36. The van der Waals surface area contributed by atoms with Crippen molar-refractivity contribution in [2.75, 3.05) is 20.3 Å². The van der Waals surface area contributed by atoms with E-state index < -0.39 is 10.0 Å². The fourth-order valence-corrected chi connectivity index (χ4v) is 4.14. The molecule has 27 heavy (non-hydrogen) atoms. The van der Waals surface area contributed by atoms with Crippen LogP contribution >= 0.6 is 0 Å². The van der Waals surface area contributed by atoms with Crippen molar-refractivity contribution in [3.05, 3.63) is 42.6 Å². The van der Waals surface area contributed by atoms with Crippen LogP contribution in [-0.4, -0.2) is 49.4 Å². The van der Waals surface area contributed by atoms with Gasteiger partial charge >= 0.3 is 0 Å². The number of benzene rings is 1. The number of aromatic nitrogens is 3. The lowest BCUT2D eigenvalue weighted by atomic mass is 10.1. The first-order valence-corrected chi connectivity index (χ1v) is 10.2. The summed E-state index contributed by atoms with van der Waals surface area (Å²) in [4.78, 5) is 4.16. The summed E-state index contributed by atoms with van der Waals surface area (Å²) in [6.07, 6.45) is 3.05. The first-order chi connectivity index (χ1) is 13.1. The Bertz CT molecular complexity index is 1040. The Hall–Kier alpha value is -2.49. The van der Waals surface area contributed by atoms with Gasteiger partial charge in [0.05, 0.1) is 25.1 Å². The Morgan fingerprint density at radius 3 is 2.78 bits per heavy atom. The minimum Gasteiger partial charge on any atom is -0.497 e.